The highest BCUT2D eigenvalue weighted by Gasteiger charge is 2.36. The molecule has 2 aliphatic heterocycles. The monoisotopic (exact) mass is 392 g/mol. The molecule has 0 radical (unpaired) electrons. The van der Waals surface area contributed by atoms with Gasteiger partial charge in [0.15, 0.2) is 5.76 Å². The van der Waals surface area contributed by atoms with Gasteiger partial charge in [0.25, 0.3) is 10.0 Å². The van der Waals surface area contributed by atoms with E-state index in [4.69, 9.17) is 4.42 Å². The van der Waals surface area contributed by atoms with Gasteiger partial charge in [-0.2, -0.15) is 9.40 Å². The number of likely N-dealkylation sites (tertiary alicyclic amines) is 1. The molecule has 146 valence electrons. The number of hydrogen-bond acceptors (Lipinski definition) is 5. The zero-order chi connectivity index (χ0) is 18.9. The zero-order valence-corrected chi connectivity index (χ0v) is 16.0. The summed E-state index contributed by atoms with van der Waals surface area (Å²) in [4.78, 5) is 14.7. The molecule has 27 heavy (non-hydrogen) atoms. The van der Waals surface area contributed by atoms with Crippen LogP contribution in [-0.4, -0.2) is 59.9 Å². The Morgan fingerprint density at radius 3 is 2.67 bits per heavy atom. The third-order valence-electron chi connectivity index (χ3n) is 5.34. The lowest BCUT2D eigenvalue weighted by Gasteiger charge is -2.35. The lowest BCUT2D eigenvalue weighted by Crippen LogP contribution is -2.47. The molecule has 1 amide bonds. The van der Waals surface area contributed by atoms with Crippen molar-refractivity contribution in [1.82, 2.24) is 19.4 Å². The summed E-state index contributed by atoms with van der Waals surface area (Å²) in [5.41, 5.74) is 0.619. The Morgan fingerprint density at radius 1 is 1.11 bits per heavy atom. The normalized spacial score (nSPS) is 22.1. The number of aromatic amines is 1. The molecule has 4 rings (SSSR count). The van der Waals surface area contributed by atoms with Crippen molar-refractivity contribution in [3.05, 3.63) is 24.4 Å². The molecule has 1 atom stereocenters. The summed E-state index contributed by atoms with van der Waals surface area (Å²) in [5, 5.41) is 6.50. The number of H-pyrrole nitrogens is 1. The van der Waals surface area contributed by atoms with Gasteiger partial charge in [0.05, 0.1) is 5.92 Å². The van der Waals surface area contributed by atoms with E-state index in [-0.39, 0.29) is 23.5 Å². The molecule has 2 aromatic heterocycles. The van der Waals surface area contributed by atoms with Gasteiger partial charge in [-0.25, -0.2) is 8.42 Å². The first-order chi connectivity index (χ1) is 13.1. The molecule has 2 saturated heterocycles. The Kier molecular flexibility index (Phi) is 5.05. The highest BCUT2D eigenvalue weighted by atomic mass is 32.2. The van der Waals surface area contributed by atoms with Crippen LogP contribution in [0.3, 0.4) is 0 Å². The highest BCUT2D eigenvalue weighted by Crippen LogP contribution is 2.29. The lowest BCUT2D eigenvalue weighted by molar-refractivity contribution is -0.137. The standard InChI is InChI=1S/C18H24N4O4S/c23-18(21-10-2-1-3-11-21)14-5-4-12-22(13-14)27(24,25)17-7-6-16(26-17)15-8-9-19-20-15/h6-9,14H,1-5,10-13H2,(H,19,20). The van der Waals surface area contributed by atoms with Crippen molar-refractivity contribution >= 4 is 15.9 Å². The van der Waals surface area contributed by atoms with Crippen molar-refractivity contribution in [3.8, 4) is 11.5 Å². The summed E-state index contributed by atoms with van der Waals surface area (Å²) in [7, 11) is -3.77. The number of aromatic nitrogens is 2. The molecular weight excluding hydrogens is 368 g/mol. The van der Waals surface area contributed by atoms with Gasteiger partial charge in [0.1, 0.15) is 5.69 Å². The number of hydrogen-bond donors (Lipinski definition) is 1. The average molecular weight is 392 g/mol. The van der Waals surface area contributed by atoms with E-state index >= 15 is 0 Å². The minimum atomic E-state index is -3.77. The van der Waals surface area contributed by atoms with Crippen LogP contribution in [0.2, 0.25) is 0 Å². The van der Waals surface area contributed by atoms with E-state index in [0.717, 1.165) is 38.8 Å². The van der Waals surface area contributed by atoms with Crippen molar-refractivity contribution in [1.29, 1.82) is 0 Å². The molecule has 0 aromatic carbocycles. The SMILES string of the molecule is O=C(C1CCCN(S(=O)(=O)c2ccc(-c3ccn[nH]3)o2)C1)N1CCCCC1. The topological polar surface area (TPSA) is 99.5 Å². The lowest BCUT2D eigenvalue weighted by atomic mass is 9.97. The van der Waals surface area contributed by atoms with E-state index in [1.165, 1.54) is 10.4 Å². The minimum absolute atomic E-state index is 0.0900. The largest absolute Gasteiger partial charge is 0.442 e. The molecule has 0 saturated carbocycles. The molecule has 2 aromatic rings. The zero-order valence-electron chi connectivity index (χ0n) is 15.1. The Bertz CT molecular complexity index is 884. The first-order valence-electron chi connectivity index (χ1n) is 9.44. The van der Waals surface area contributed by atoms with Gasteiger partial charge in [-0.05, 0) is 50.3 Å². The number of rotatable bonds is 4. The third-order valence-corrected chi connectivity index (χ3v) is 7.08. The van der Waals surface area contributed by atoms with Crippen LogP contribution in [-0.2, 0) is 14.8 Å². The number of furan rings is 1. The fourth-order valence-corrected chi connectivity index (χ4v) is 5.29. The number of nitrogens with zero attached hydrogens (tertiary/aromatic N) is 3. The fourth-order valence-electron chi connectivity index (χ4n) is 3.86. The summed E-state index contributed by atoms with van der Waals surface area (Å²) in [6.07, 6.45) is 6.21. The van der Waals surface area contributed by atoms with E-state index in [1.54, 1.807) is 18.3 Å². The second-order valence-corrected chi connectivity index (χ2v) is 9.05. The first kappa shape index (κ1) is 18.2. The average Bonchev–Trinajstić information content (AvgIpc) is 3.40. The van der Waals surface area contributed by atoms with E-state index < -0.39 is 10.0 Å². The van der Waals surface area contributed by atoms with Crippen molar-refractivity contribution in [2.24, 2.45) is 5.92 Å². The van der Waals surface area contributed by atoms with Gasteiger partial charge in [-0.1, -0.05) is 0 Å². The van der Waals surface area contributed by atoms with Crippen LogP contribution in [0.25, 0.3) is 11.5 Å². The van der Waals surface area contributed by atoms with E-state index in [2.05, 4.69) is 10.2 Å². The van der Waals surface area contributed by atoms with Crippen LogP contribution >= 0.6 is 0 Å². The van der Waals surface area contributed by atoms with Gasteiger partial charge >= 0.3 is 0 Å². The van der Waals surface area contributed by atoms with Crippen LogP contribution < -0.4 is 0 Å². The van der Waals surface area contributed by atoms with Gasteiger partial charge in [-0.3, -0.25) is 9.89 Å². The molecule has 9 heteroatoms. The van der Waals surface area contributed by atoms with Crippen molar-refractivity contribution in [2.75, 3.05) is 26.2 Å². The summed E-state index contributed by atoms with van der Waals surface area (Å²) in [5.74, 6) is 0.241. The van der Waals surface area contributed by atoms with Crippen molar-refractivity contribution in [3.63, 3.8) is 0 Å². The molecule has 0 spiro atoms. The Balaban J connectivity index is 1.49. The molecule has 1 N–H and O–H groups in total. The number of carbonyl (C=O) groups excluding carboxylic acids is 1. The molecule has 4 heterocycles. The van der Waals surface area contributed by atoms with Crippen LogP contribution in [0.1, 0.15) is 32.1 Å². The van der Waals surface area contributed by atoms with Gasteiger partial charge in [-0.15, -0.1) is 0 Å². The smallest absolute Gasteiger partial charge is 0.276 e. The fraction of sp³-hybridized carbons (Fsp3) is 0.556. The predicted octanol–water partition coefficient (Wildman–Crippen LogP) is 2.08. The number of carbonyl (C=O) groups is 1. The predicted molar refractivity (Wildman–Crippen MR) is 98.2 cm³/mol. The van der Waals surface area contributed by atoms with Gasteiger partial charge in [0.2, 0.25) is 11.0 Å². The highest BCUT2D eigenvalue weighted by molar-refractivity contribution is 7.89. The van der Waals surface area contributed by atoms with E-state index in [1.807, 2.05) is 4.90 Å². The number of piperidine rings is 2. The minimum Gasteiger partial charge on any atom is -0.442 e. The first-order valence-corrected chi connectivity index (χ1v) is 10.9. The second kappa shape index (κ2) is 7.47. The van der Waals surface area contributed by atoms with Gasteiger partial charge < -0.3 is 9.32 Å². The van der Waals surface area contributed by atoms with E-state index in [0.29, 0.717) is 24.4 Å². The quantitative estimate of drug-likeness (QED) is 0.859. The number of sulfonamides is 1. The maximum absolute atomic E-state index is 13.0. The summed E-state index contributed by atoms with van der Waals surface area (Å²) >= 11 is 0. The number of nitrogens with one attached hydrogen (secondary N) is 1. The molecule has 1 unspecified atom stereocenters. The molecule has 2 fully saturated rings. The Labute approximate surface area is 158 Å². The summed E-state index contributed by atoms with van der Waals surface area (Å²) in [6.45, 7) is 2.20. The van der Waals surface area contributed by atoms with Crippen LogP contribution in [0.5, 0.6) is 0 Å². The van der Waals surface area contributed by atoms with Crippen LogP contribution in [0.4, 0.5) is 0 Å². The van der Waals surface area contributed by atoms with Crippen LogP contribution in [0.15, 0.2) is 33.9 Å². The molecular formula is C18H24N4O4S. The molecule has 8 nitrogen and oxygen atoms in total. The van der Waals surface area contributed by atoms with Crippen molar-refractivity contribution in [2.45, 2.75) is 37.2 Å². The Morgan fingerprint density at radius 2 is 1.93 bits per heavy atom. The summed E-state index contributed by atoms with van der Waals surface area (Å²) in [6, 6.07) is 4.78. The molecule has 0 bridgehead atoms. The summed E-state index contributed by atoms with van der Waals surface area (Å²) < 4.78 is 32.9. The van der Waals surface area contributed by atoms with E-state index in [9.17, 15) is 13.2 Å². The second-order valence-electron chi connectivity index (χ2n) is 7.18. The van der Waals surface area contributed by atoms with Crippen LogP contribution in [0, 0.1) is 5.92 Å². The maximum Gasteiger partial charge on any atom is 0.276 e. The number of amides is 1. The third kappa shape index (κ3) is 3.66. The molecule has 0 aliphatic carbocycles. The maximum atomic E-state index is 13.0. The van der Waals surface area contributed by atoms with Gasteiger partial charge in [0, 0.05) is 32.4 Å². The Hall–Kier alpha value is -2.13. The van der Waals surface area contributed by atoms with Crippen molar-refractivity contribution < 1.29 is 17.6 Å². The molecule has 2 aliphatic rings.